The van der Waals surface area contributed by atoms with Crippen molar-refractivity contribution in [1.82, 2.24) is 0 Å². The second-order valence-corrected chi connectivity index (χ2v) is 7.22. The fourth-order valence-corrected chi connectivity index (χ4v) is 3.52. The van der Waals surface area contributed by atoms with Crippen molar-refractivity contribution in [2.45, 2.75) is 46.5 Å². The Morgan fingerprint density at radius 1 is 1.42 bits per heavy atom. The summed E-state index contributed by atoms with van der Waals surface area (Å²) in [5, 5.41) is 10.8. The van der Waals surface area contributed by atoms with Crippen LogP contribution in [0.3, 0.4) is 0 Å². The third kappa shape index (κ3) is 4.63. The highest BCUT2D eigenvalue weighted by molar-refractivity contribution is 5.93. The van der Waals surface area contributed by atoms with Crippen molar-refractivity contribution in [3.63, 3.8) is 0 Å². The maximum atomic E-state index is 12.2. The van der Waals surface area contributed by atoms with Crippen LogP contribution in [0.25, 0.3) is 6.08 Å². The van der Waals surface area contributed by atoms with Crippen LogP contribution >= 0.6 is 0 Å². The Kier molecular flexibility index (Phi) is 5.71. The summed E-state index contributed by atoms with van der Waals surface area (Å²) in [6, 6.07) is 6.30. The van der Waals surface area contributed by atoms with Crippen LogP contribution in [0.1, 0.15) is 52.0 Å². The van der Waals surface area contributed by atoms with Crippen molar-refractivity contribution < 1.29 is 9.72 Å². The van der Waals surface area contributed by atoms with Gasteiger partial charge in [0.25, 0.3) is 5.69 Å². The molecule has 1 unspecified atom stereocenters. The molecule has 0 saturated heterocycles. The summed E-state index contributed by atoms with van der Waals surface area (Å²) in [5.41, 5.74) is 2.34. The lowest BCUT2D eigenvalue weighted by Gasteiger charge is -2.38. The van der Waals surface area contributed by atoms with Gasteiger partial charge in [0.05, 0.1) is 4.92 Å². The number of non-ortho nitro benzene ring substituents is 1. The predicted molar refractivity (Wildman–Crippen MR) is 96.6 cm³/mol. The number of carbonyl (C=O) groups is 1. The Morgan fingerprint density at radius 3 is 2.83 bits per heavy atom. The molecular formula is C20H25NO3. The molecular weight excluding hydrogens is 302 g/mol. The molecule has 0 heterocycles. The fourth-order valence-electron chi connectivity index (χ4n) is 3.52. The second-order valence-electron chi connectivity index (χ2n) is 7.22. The minimum absolute atomic E-state index is 0.0364. The van der Waals surface area contributed by atoms with Crippen LogP contribution in [0.15, 0.2) is 42.0 Å². The molecule has 0 spiro atoms. The molecule has 4 heteroatoms. The van der Waals surface area contributed by atoms with E-state index in [2.05, 4.69) is 26.8 Å². The number of nitrogens with zero attached hydrogens (tertiary/aromatic N) is 1. The first-order chi connectivity index (χ1) is 11.3. The molecule has 0 saturated carbocycles. The van der Waals surface area contributed by atoms with Crippen LogP contribution in [0.4, 0.5) is 5.69 Å². The van der Waals surface area contributed by atoms with E-state index in [4.69, 9.17) is 0 Å². The summed E-state index contributed by atoms with van der Waals surface area (Å²) in [5.74, 6) is 0.511. The zero-order valence-corrected chi connectivity index (χ0v) is 14.6. The van der Waals surface area contributed by atoms with Crippen molar-refractivity contribution in [3.8, 4) is 0 Å². The van der Waals surface area contributed by atoms with Gasteiger partial charge in [-0.3, -0.25) is 14.9 Å². The SMILES string of the molecule is CC1=CCCC(C)(C)C1CCC(=O)/C=C/c1cccc([N+](=O)[O-])c1. The molecule has 0 aromatic heterocycles. The zero-order chi connectivity index (χ0) is 17.7. The first-order valence-electron chi connectivity index (χ1n) is 8.41. The molecule has 1 aliphatic carbocycles. The van der Waals surface area contributed by atoms with E-state index in [1.165, 1.54) is 23.8 Å². The Balaban J connectivity index is 1.96. The summed E-state index contributed by atoms with van der Waals surface area (Å²) in [4.78, 5) is 22.5. The van der Waals surface area contributed by atoms with Crippen LogP contribution in [-0.2, 0) is 4.79 Å². The second kappa shape index (κ2) is 7.56. The van der Waals surface area contributed by atoms with Gasteiger partial charge in [0.1, 0.15) is 0 Å². The van der Waals surface area contributed by atoms with Gasteiger partial charge in [-0.25, -0.2) is 0 Å². The molecule has 1 aliphatic rings. The third-order valence-corrected chi connectivity index (χ3v) is 4.97. The average molecular weight is 327 g/mol. The highest BCUT2D eigenvalue weighted by Crippen LogP contribution is 2.43. The lowest BCUT2D eigenvalue weighted by molar-refractivity contribution is -0.384. The van der Waals surface area contributed by atoms with Crippen molar-refractivity contribution in [2.75, 3.05) is 0 Å². The normalized spacial score (nSPS) is 20.0. The standard InChI is InChI=1S/C20H25NO3/c1-15-6-5-13-20(2,3)19(15)12-11-18(22)10-9-16-7-4-8-17(14-16)21(23)24/h4,6-10,14,19H,5,11-13H2,1-3H3/b10-9+. The molecule has 1 aromatic carbocycles. The van der Waals surface area contributed by atoms with Gasteiger partial charge < -0.3 is 0 Å². The number of hydrogen-bond donors (Lipinski definition) is 0. The smallest absolute Gasteiger partial charge is 0.270 e. The highest BCUT2D eigenvalue weighted by atomic mass is 16.6. The largest absolute Gasteiger partial charge is 0.295 e. The van der Waals surface area contributed by atoms with Gasteiger partial charge in [0.15, 0.2) is 5.78 Å². The first-order valence-corrected chi connectivity index (χ1v) is 8.41. The summed E-state index contributed by atoms with van der Waals surface area (Å²) < 4.78 is 0. The van der Waals surface area contributed by atoms with Crippen LogP contribution in [-0.4, -0.2) is 10.7 Å². The van der Waals surface area contributed by atoms with E-state index >= 15 is 0 Å². The summed E-state index contributed by atoms with van der Waals surface area (Å²) in [6.07, 6.45) is 9.12. The van der Waals surface area contributed by atoms with Crippen molar-refractivity contribution in [3.05, 3.63) is 57.7 Å². The Bertz CT molecular complexity index is 686. The van der Waals surface area contributed by atoms with Gasteiger partial charge in [-0.05, 0) is 49.2 Å². The molecule has 1 atom stereocenters. The van der Waals surface area contributed by atoms with E-state index < -0.39 is 4.92 Å². The summed E-state index contributed by atoms with van der Waals surface area (Å²) in [7, 11) is 0. The van der Waals surface area contributed by atoms with Gasteiger partial charge >= 0.3 is 0 Å². The average Bonchev–Trinajstić information content (AvgIpc) is 2.52. The maximum Gasteiger partial charge on any atom is 0.270 e. The molecule has 24 heavy (non-hydrogen) atoms. The fraction of sp³-hybridized carbons (Fsp3) is 0.450. The number of hydrogen-bond acceptors (Lipinski definition) is 3. The van der Waals surface area contributed by atoms with Crippen molar-refractivity contribution in [2.24, 2.45) is 11.3 Å². The Morgan fingerprint density at radius 2 is 2.17 bits per heavy atom. The Labute approximate surface area is 143 Å². The zero-order valence-electron chi connectivity index (χ0n) is 14.6. The lowest BCUT2D eigenvalue weighted by Crippen LogP contribution is -2.28. The molecule has 0 N–H and O–H groups in total. The molecule has 0 fully saturated rings. The van der Waals surface area contributed by atoms with E-state index in [-0.39, 0.29) is 16.9 Å². The van der Waals surface area contributed by atoms with E-state index in [1.807, 2.05) is 0 Å². The van der Waals surface area contributed by atoms with Crippen LogP contribution < -0.4 is 0 Å². The molecule has 4 nitrogen and oxygen atoms in total. The molecule has 0 aliphatic heterocycles. The third-order valence-electron chi connectivity index (χ3n) is 4.97. The first kappa shape index (κ1) is 18.1. The molecule has 128 valence electrons. The highest BCUT2D eigenvalue weighted by Gasteiger charge is 2.32. The van der Waals surface area contributed by atoms with Gasteiger partial charge in [-0.15, -0.1) is 0 Å². The van der Waals surface area contributed by atoms with E-state index in [0.717, 1.165) is 19.3 Å². The maximum absolute atomic E-state index is 12.2. The molecule has 1 aromatic rings. The quantitative estimate of drug-likeness (QED) is 0.307. The molecule has 2 rings (SSSR count). The van der Waals surface area contributed by atoms with Gasteiger partial charge in [-0.2, -0.15) is 0 Å². The van der Waals surface area contributed by atoms with Crippen molar-refractivity contribution >= 4 is 17.5 Å². The minimum Gasteiger partial charge on any atom is -0.295 e. The van der Waals surface area contributed by atoms with E-state index in [0.29, 0.717) is 17.9 Å². The summed E-state index contributed by atoms with van der Waals surface area (Å²) in [6.45, 7) is 6.71. The van der Waals surface area contributed by atoms with Gasteiger partial charge in [0, 0.05) is 18.6 Å². The topological polar surface area (TPSA) is 60.2 Å². The number of rotatable bonds is 6. The number of ketones is 1. The summed E-state index contributed by atoms with van der Waals surface area (Å²) >= 11 is 0. The Hall–Kier alpha value is -2.23. The van der Waals surface area contributed by atoms with Gasteiger partial charge in [0.2, 0.25) is 0 Å². The lowest BCUT2D eigenvalue weighted by atomic mass is 9.67. The minimum atomic E-state index is -0.431. The van der Waals surface area contributed by atoms with Crippen molar-refractivity contribution in [1.29, 1.82) is 0 Å². The number of nitro benzene ring substituents is 1. The van der Waals surface area contributed by atoms with Crippen LogP contribution in [0.2, 0.25) is 0 Å². The van der Waals surface area contributed by atoms with Crippen LogP contribution in [0, 0.1) is 21.4 Å². The number of benzene rings is 1. The predicted octanol–water partition coefficient (Wildman–Crippen LogP) is 5.34. The monoisotopic (exact) mass is 327 g/mol. The number of allylic oxidation sites excluding steroid dienone is 3. The molecule has 0 amide bonds. The van der Waals surface area contributed by atoms with E-state index in [9.17, 15) is 14.9 Å². The van der Waals surface area contributed by atoms with Crippen LogP contribution in [0.5, 0.6) is 0 Å². The molecule has 0 bridgehead atoms. The van der Waals surface area contributed by atoms with E-state index in [1.54, 1.807) is 18.2 Å². The number of nitro groups is 1. The molecule has 0 radical (unpaired) electrons. The van der Waals surface area contributed by atoms with Gasteiger partial charge in [-0.1, -0.05) is 43.7 Å². The number of carbonyl (C=O) groups excluding carboxylic acids is 1.